The van der Waals surface area contributed by atoms with Crippen LogP contribution in [0.5, 0.6) is 0 Å². The number of nitrogens with zero attached hydrogens (tertiary/aromatic N) is 3. The summed E-state index contributed by atoms with van der Waals surface area (Å²) >= 11 is 3.53. The van der Waals surface area contributed by atoms with Crippen molar-refractivity contribution in [2.45, 2.75) is 6.42 Å². The van der Waals surface area contributed by atoms with Gasteiger partial charge >= 0.3 is 0 Å². The highest BCUT2D eigenvalue weighted by molar-refractivity contribution is 9.10. The quantitative estimate of drug-likeness (QED) is 0.777. The molecule has 98 valence electrons. The predicted octanol–water partition coefficient (Wildman–Crippen LogP) is 2.23. The van der Waals surface area contributed by atoms with Gasteiger partial charge in [0.1, 0.15) is 10.4 Å². The highest BCUT2D eigenvalue weighted by atomic mass is 79.9. The molecule has 3 rings (SSSR count). The molecule has 0 saturated heterocycles. The minimum Gasteiger partial charge on any atom is -0.345 e. The topological polar surface area (TPSA) is 72.5 Å². The number of imidazole rings is 2. The first-order chi connectivity index (χ1) is 9.20. The first kappa shape index (κ1) is 12.4. The molecule has 3 N–H and O–H groups in total. The summed E-state index contributed by atoms with van der Waals surface area (Å²) in [5.41, 5.74) is 9.74. The standard InChI is InChI=1S/C13H14BrN5/c1-19-11(4-5-15)18-13(14)12(19)8-2-3-9-10(6-8)17-7-16-9/h2-3,6-7H,4-5,15H2,1H3,(H,16,17). The van der Waals surface area contributed by atoms with E-state index in [2.05, 4.69) is 47.6 Å². The molecule has 5 nitrogen and oxygen atoms in total. The fraction of sp³-hybridized carbons (Fsp3) is 0.231. The number of hydrogen-bond acceptors (Lipinski definition) is 3. The molecule has 0 atom stereocenters. The van der Waals surface area contributed by atoms with Crippen LogP contribution < -0.4 is 5.73 Å². The smallest absolute Gasteiger partial charge is 0.132 e. The molecular formula is C13H14BrN5. The molecule has 3 aromatic rings. The van der Waals surface area contributed by atoms with Crippen LogP contribution in [0.15, 0.2) is 29.1 Å². The zero-order chi connectivity index (χ0) is 13.4. The van der Waals surface area contributed by atoms with Gasteiger partial charge in [-0.25, -0.2) is 9.97 Å². The van der Waals surface area contributed by atoms with Crippen molar-refractivity contribution in [2.75, 3.05) is 6.54 Å². The van der Waals surface area contributed by atoms with E-state index in [-0.39, 0.29) is 0 Å². The van der Waals surface area contributed by atoms with Gasteiger partial charge in [-0.05, 0) is 34.6 Å². The summed E-state index contributed by atoms with van der Waals surface area (Å²) in [6, 6.07) is 6.14. The molecule has 0 aliphatic heterocycles. The van der Waals surface area contributed by atoms with Crippen LogP contribution in [0.4, 0.5) is 0 Å². The monoisotopic (exact) mass is 319 g/mol. The molecule has 0 unspecified atom stereocenters. The second kappa shape index (κ2) is 4.79. The summed E-state index contributed by atoms with van der Waals surface area (Å²) in [7, 11) is 2.01. The Balaban J connectivity index is 2.14. The summed E-state index contributed by atoms with van der Waals surface area (Å²) in [4.78, 5) is 11.9. The fourth-order valence-corrected chi connectivity index (χ4v) is 2.96. The van der Waals surface area contributed by atoms with Crippen LogP contribution in [-0.2, 0) is 13.5 Å². The maximum atomic E-state index is 5.61. The van der Waals surface area contributed by atoms with E-state index >= 15 is 0 Å². The first-order valence-electron chi connectivity index (χ1n) is 6.05. The van der Waals surface area contributed by atoms with Gasteiger partial charge in [0, 0.05) is 19.0 Å². The van der Waals surface area contributed by atoms with Crippen LogP contribution in [0.25, 0.3) is 22.3 Å². The van der Waals surface area contributed by atoms with E-state index in [1.165, 1.54) is 0 Å². The van der Waals surface area contributed by atoms with Gasteiger partial charge in [-0.1, -0.05) is 6.07 Å². The SMILES string of the molecule is Cn1c(CCN)nc(Br)c1-c1ccc2nc[nH]c2c1. The summed E-state index contributed by atoms with van der Waals surface area (Å²) in [5.74, 6) is 0.981. The number of fused-ring (bicyclic) bond motifs is 1. The molecule has 0 aliphatic carbocycles. The van der Waals surface area contributed by atoms with Crippen molar-refractivity contribution >= 4 is 27.0 Å². The summed E-state index contributed by atoms with van der Waals surface area (Å²) in [6.07, 6.45) is 2.47. The molecule has 2 aromatic heterocycles. The number of aromatic amines is 1. The minimum atomic E-state index is 0.594. The minimum absolute atomic E-state index is 0.594. The zero-order valence-electron chi connectivity index (χ0n) is 10.5. The van der Waals surface area contributed by atoms with Crippen LogP contribution in [0.1, 0.15) is 5.82 Å². The van der Waals surface area contributed by atoms with Crippen LogP contribution >= 0.6 is 15.9 Å². The molecule has 0 spiro atoms. The van der Waals surface area contributed by atoms with Crippen molar-refractivity contribution in [1.82, 2.24) is 19.5 Å². The van der Waals surface area contributed by atoms with E-state index in [1.807, 2.05) is 13.1 Å². The number of halogens is 1. The third kappa shape index (κ3) is 2.06. The van der Waals surface area contributed by atoms with Crippen molar-refractivity contribution in [3.05, 3.63) is 35.0 Å². The Morgan fingerprint density at radius 2 is 2.26 bits per heavy atom. The van der Waals surface area contributed by atoms with Gasteiger partial charge in [0.05, 0.1) is 23.1 Å². The number of nitrogens with one attached hydrogen (secondary N) is 1. The first-order valence-corrected chi connectivity index (χ1v) is 6.84. The van der Waals surface area contributed by atoms with Crippen molar-refractivity contribution in [1.29, 1.82) is 0 Å². The van der Waals surface area contributed by atoms with Gasteiger partial charge in [0.2, 0.25) is 0 Å². The average Bonchev–Trinajstić information content (AvgIpc) is 2.95. The second-order valence-electron chi connectivity index (χ2n) is 4.40. The summed E-state index contributed by atoms with van der Waals surface area (Å²) in [5, 5.41) is 0. The lowest BCUT2D eigenvalue weighted by atomic mass is 10.1. The Morgan fingerprint density at radius 3 is 3.05 bits per heavy atom. The Hall–Kier alpha value is -1.66. The third-order valence-corrected chi connectivity index (χ3v) is 3.76. The van der Waals surface area contributed by atoms with Gasteiger partial charge < -0.3 is 15.3 Å². The van der Waals surface area contributed by atoms with Gasteiger partial charge in [-0.15, -0.1) is 0 Å². The van der Waals surface area contributed by atoms with Gasteiger partial charge in [-0.2, -0.15) is 0 Å². The van der Waals surface area contributed by atoms with Crippen molar-refractivity contribution < 1.29 is 0 Å². The molecule has 19 heavy (non-hydrogen) atoms. The van der Waals surface area contributed by atoms with Crippen LogP contribution in [0.3, 0.4) is 0 Å². The molecule has 0 radical (unpaired) electrons. The normalized spacial score (nSPS) is 11.3. The number of H-pyrrole nitrogens is 1. The second-order valence-corrected chi connectivity index (χ2v) is 5.15. The van der Waals surface area contributed by atoms with E-state index in [4.69, 9.17) is 5.73 Å². The Kier molecular flexibility index (Phi) is 3.12. The lowest BCUT2D eigenvalue weighted by Gasteiger charge is -2.06. The lowest BCUT2D eigenvalue weighted by molar-refractivity contribution is 0.782. The highest BCUT2D eigenvalue weighted by Gasteiger charge is 2.14. The molecule has 6 heteroatoms. The number of nitrogens with two attached hydrogens (primary N) is 1. The van der Waals surface area contributed by atoms with Gasteiger partial charge in [0.25, 0.3) is 0 Å². The molecule has 1 aromatic carbocycles. The molecule has 2 heterocycles. The molecule has 0 amide bonds. The van der Waals surface area contributed by atoms with E-state index in [1.54, 1.807) is 6.33 Å². The molecule has 0 saturated carbocycles. The zero-order valence-corrected chi connectivity index (χ0v) is 12.1. The Morgan fingerprint density at radius 1 is 1.42 bits per heavy atom. The van der Waals surface area contributed by atoms with Gasteiger partial charge in [-0.3, -0.25) is 0 Å². The molecule has 0 aliphatic rings. The lowest BCUT2D eigenvalue weighted by Crippen LogP contribution is -2.08. The van der Waals surface area contributed by atoms with E-state index in [0.29, 0.717) is 6.54 Å². The third-order valence-electron chi connectivity index (χ3n) is 3.21. The van der Waals surface area contributed by atoms with Crippen molar-refractivity contribution in [2.24, 2.45) is 12.8 Å². The Bertz CT molecular complexity index is 728. The number of aromatic nitrogens is 4. The maximum Gasteiger partial charge on any atom is 0.132 e. The fourth-order valence-electron chi connectivity index (χ4n) is 2.26. The van der Waals surface area contributed by atoms with Crippen molar-refractivity contribution in [3.8, 4) is 11.3 Å². The van der Waals surface area contributed by atoms with E-state index < -0.39 is 0 Å². The predicted molar refractivity (Wildman–Crippen MR) is 78.8 cm³/mol. The summed E-state index contributed by atoms with van der Waals surface area (Å²) < 4.78 is 2.92. The number of benzene rings is 1. The largest absolute Gasteiger partial charge is 0.345 e. The van der Waals surface area contributed by atoms with Crippen LogP contribution in [-0.4, -0.2) is 26.1 Å². The van der Waals surface area contributed by atoms with E-state index in [0.717, 1.165) is 39.1 Å². The Labute approximate surface area is 119 Å². The number of rotatable bonds is 3. The molecular weight excluding hydrogens is 306 g/mol. The number of hydrogen-bond donors (Lipinski definition) is 2. The average molecular weight is 320 g/mol. The van der Waals surface area contributed by atoms with Crippen molar-refractivity contribution in [3.63, 3.8) is 0 Å². The summed E-state index contributed by atoms with van der Waals surface area (Å²) in [6.45, 7) is 0.594. The molecule has 0 bridgehead atoms. The molecule has 0 fully saturated rings. The maximum absolute atomic E-state index is 5.61. The highest BCUT2D eigenvalue weighted by Crippen LogP contribution is 2.30. The van der Waals surface area contributed by atoms with Crippen LogP contribution in [0, 0.1) is 0 Å². The van der Waals surface area contributed by atoms with Gasteiger partial charge in [0.15, 0.2) is 0 Å². The van der Waals surface area contributed by atoms with Crippen LogP contribution in [0.2, 0.25) is 0 Å². The van der Waals surface area contributed by atoms with E-state index in [9.17, 15) is 0 Å².